The number of methoxy groups -OCH3 is 1. The Morgan fingerprint density at radius 1 is 0.906 bits per heavy atom. The van der Waals surface area contributed by atoms with E-state index in [9.17, 15) is 8.78 Å². The maximum atomic E-state index is 14.1. The number of anilines is 1. The molecule has 0 spiro atoms. The van der Waals surface area contributed by atoms with Crippen molar-refractivity contribution in [3.8, 4) is 17.0 Å². The summed E-state index contributed by atoms with van der Waals surface area (Å²) >= 11 is 0. The van der Waals surface area contributed by atoms with E-state index in [2.05, 4.69) is 27.0 Å². The number of benzene rings is 2. The van der Waals surface area contributed by atoms with Crippen molar-refractivity contribution in [2.75, 3.05) is 38.2 Å². The minimum Gasteiger partial charge on any atom is -0.497 e. The highest BCUT2D eigenvalue weighted by Crippen LogP contribution is 2.34. The van der Waals surface area contributed by atoms with Gasteiger partial charge in [-0.3, -0.25) is 9.58 Å². The Balaban J connectivity index is 1.18. The van der Waals surface area contributed by atoms with E-state index in [0.29, 0.717) is 17.8 Å². The second kappa shape index (κ2) is 8.90. The van der Waals surface area contributed by atoms with Gasteiger partial charge in [-0.15, -0.1) is 0 Å². The molecule has 1 aromatic heterocycles. The lowest BCUT2D eigenvalue weighted by molar-refractivity contribution is 0.183. The fraction of sp³-hybridized carbons (Fsp3) is 0.400. The average molecular weight is 439 g/mol. The van der Waals surface area contributed by atoms with Crippen LogP contribution in [0.3, 0.4) is 0 Å². The van der Waals surface area contributed by atoms with Crippen LogP contribution in [0.4, 0.5) is 14.5 Å². The van der Waals surface area contributed by atoms with Gasteiger partial charge in [0.2, 0.25) is 0 Å². The van der Waals surface area contributed by atoms with Crippen LogP contribution in [-0.4, -0.2) is 54.0 Å². The number of hydrogen-bond acceptors (Lipinski definition) is 4. The summed E-state index contributed by atoms with van der Waals surface area (Å²) in [6.07, 6.45) is 5.12. The number of rotatable bonds is 5. The number of aromatic nitrogens is 2. The van der Waals surface area contributed by atoms with Crippen molar-refractivity contribution >= 4 is 5.69 Å². The van der Waals surface area contributed by atoms with E-state index in [0.717, 1.165) is 63.3 Å². The van der Waals surface area contributed by atoms with Gasteiger partial charge in [-0.2, -0.15) is 5.10 Å². The largest absolute Gasteiger partial charge is 0.497 e. The molecule has 2 fully saturated rings. The standard InChI is InChI=1S/C25H28F2N4O/c1-32-22-7-5-19(6-8-22)29-12-14-30(15-13-29)20-3-4-21(17-20)31-11-10-25(28-31)23-16-18(26)2-9-24(23)27/h2,5-11,16,20-21H,3-4,12-15,17H2,1H3/t20-,21+/m0/s1. The van der Waals surface area contributed by atoms with Gasteiger partial charge in [0.25, 0.3) is 0 Å². The van der Waals surface area contributed by atoms with E-state index in [-0.39, 0.29) is 5.56 Å². The molecule has 7 heteroatoms. The summed E-state index contributed by atoms with van der Waals surface area (Å²) in [6.45, 7) is 4.11. The predicted molar refractivity (Wildman–Crippen MR) is 121 cm³/mol. The van der Waals surface area contributed by atoms with Crippen LogP contribution in [0.2, 0.25) is 0 Å². The van der Waals surface area contributed by atoms with Gasteiger partial charge in [0.15, 0.2) is 0 Å². The summed E-state index contributed by atoms with van der Waals surface area (Å²) < 4.78 is 34.9. The summed E-state index contributed by atoms with van der Waals surface area (Å²) in [7, 11) is 1.69. The minimum atomic E-state index is -0.453. The monoisotopic (exact) mass is 438 g/mol. The van der Waals surface area contributed by atoms with E-state index in [1.165, 1.54) is 11.8 Å². The molecule has 2 heterocycles. The molecule has 0 bridgehead atoms. The van der Waals surface area contributed by atoms with Gasteiger partial charge in [-0.25, -0.2) is 8.78 Å². The normalized spacial score (nSPS) is 21.8. The molecule has 2 aromatic carbocycles. The van der Waals surface area contributed by atoms with E-state index in [4.69, 9.17) is 4.74 Å². The molecule has 0 amide bonds. The zero-order chi connectivity index (χ0) is 22.1. The Morgan fingerprint density at radius 2 is 1.66 bits per heavy atom. The second-order valence-corrected chi connectivity index (χ2v) is 8.65. The van der Waals surface area contributed by atoms with Crippen LogP contribution in [-0.2, 0) is 0 Å². The van der Waals surface area contributed by atoms with Crippen molar-refractivity contribution in [3.05, 3.63) is 66.4 Å². The average Bonchev–Trinajstić information content (AvgIpc) is 3.51. The van der Waals surface area contributed by atoms with Crippen molar-refractivity contribution < 1.29 is 13.5 Å². The van der Waals surface area contributed by atoms with Crippen LogP contribution in [0.15, 0.2) is 54.7 Å². The highest BCUT2D eigenvalue weighted by molar-refractivity contribution is 5.59. The lowest BCUT2D eigenvalue weighted by Gasteiger charge is -2.39. The van der Waals surface area contributed by atoms with Gasteiger partial charge >= 0.3 is 0 Å². The Hall–Kier alpha value is -2.93. The number of nitrogens with zero attached hydrogens (tertiary/aromatic N) is 4. The van der Waals surface area contributed by atoms with Gasteiger partial charge in [0, 0.05) is 49.7 Å². The quantitative estimate of drug-likeness (QED) is 0.576. The first-order valence-electron chi connectivity index (χ1n) is 11.2. The molecule has 5 rings (SSSR count). The highest BCUT2D eigenvalue weighted by atomic mass is 19.1. The third kappa shape index (κ3) is 4.21. The zero-order valence-corrected chi connectivity index (χ0v) is 18.3. The molecule has 168 valence electrons. The Kier molecular flexibility index (Phi) is 5.83. The Morgan fingerprint density at radius 3 is 2.41 bits per heavy atom. The Labute approximate surface area is 187 Å². The third-order valence-corrected chi connectivity index (χ3v) is 6.83. The van der Waals surface area contributed by atoms with E-state index >= 15 is 0 Å². The molecule has 3 aromatic rings. The molecule has 1 aliphatic carbocycles. The molecule has 2 aliphatic rings. The summed E-state index contributed by atoms with van der Waals surface area (Å²) in [5.41, 5.74) is 1.94. The van der Waals surface area contributed by atoms with E-state index in [1.807, 2.05) is 23.0 Å². The molecule has 1 aliphatic heterocycles. The van der Waals surface area contributed by atoms with Crippen molar-refractivity contribution in [1.29, 1.82) is 0 Å². The molecule has 5 nitrogen and oxygen atoms in total. The number of hydrogen-bond donors (Lipinski definition) is 0. The molecular weight excluding hydrogens is 410 g/mol. The number of piperazine rings is 1. The molecule has 0 unspecified atom stereocenters. The molecular formula is C25H28F2N4O. The SMILES string of the molecule is COc1ccc(N2CCN([C@H]3CC[C@@H](n4ccc(-c5cc(F)ccc5F)n4)C3)CC2)cc1. The Bertz CT molecular complexity index is 1060. The summed E-state index contributed by atoms with van der Waals surface area (Å²) in [5.74, 6) is -0.0207. The summed E-state index contributed by atoms with van der Waals surface area (Å²) in [5, 5.41) is 4.58. The first kappa shape index (κ1) is 20.9. The lowest BCUT2D eigenvalue weighted by atomic mass is 10.1. The van der Waals surface area contributed by atoms with E-state index < -0.39 is 11.6 Å². The maximum Gasteiger partial charge on any atom is 0.132 e. The van der Waals surface area contributed by atoms with Crippen LogP contribution in [0.25, 0.3) is 11.3 Å². The molecule has 1 saturated heterocycles. The van der Waals surface area contributed by atoms with Gasteiger partial charge in [-0.05, 0) is 67.8 Å². The fourth-order valence-corrected chi connectivity index (χ4v) is 5.02. The fourth-order valence-electron chi connectivity index (χ4n) is 5.02. The topological polar surface area (TPSA) is 33.5 Å². The first-order chi connectivity index (χ1) is 15.6. The number of ether oxygens (including phenoxy) is 1. The lowest BCUT2D eigenvalue weighted by Crippen LogP contribution is -2.49. The zero-order valence-electron chi connectivity index (χ0n) is 18.3. The van der Waals surface area contributed by atoms with Crippen LogP contribution < -0.4 is 9.64 Å². The molecule has 0 radical (unpaired) electrons. The molecule has 32 heavy (non-hydrogen) atoms. The van der Waals surface area contributed by atoms with Crippen molar-refractivity contribution in [3.63, 3.8) is 0 Å². The van der Waals surface area contributed by atoms with Crippen LogP contribution in [0, 0.1) is 11.6 Å². The van der Waals surface area contributed by atoms with Gasteiger partial charge in [-0.1, -0.05) is 0 Å². The highest BCUT2D eigenvalue weighted by Gasteiger charge is 2.32. The third-order valence-electron chi connectivity index (χ3n) is 6.83. The smallest absolute Gasteiger partial charge is 0.132 e. The van der Waals surface area contributed by atoms with E-state index in [1.54, 1.807) is 13.2 Å². The number of halogens is 2. The van der Waals surface area contributed by atoms with Crippen LogP contribution in [0.5, 0.6) is 5.75 Å². The first-order valence-corrected chi connectivity index (χ1v) is 11.2. The van der Waals surface area contributed by atoms with Crippen LogP contribution in [0.1, 0.15) is 25.3 Å². The van der Waals surface area contributed by atoms with Crippen molar-refractivity contribution in [2.24, 2.45) is 0 Å². The van der Waals surface area contributed by atoms with Gasteiger partial charge in [0.05, 0.1) is 18.8 Å². The molecule has 0 N–H and O–H groups in total. The van der Waals surface area contributed by atoms with Crippen molar-refractivity contribution in [1.82, 2.24) is 14.7 Å². The summed E-state index contributed by atoms with van der Waals surface area (Å²) in [4.78, 5) is 5.02. The molecule has 1 saturated carbocycles. The van der Waals surface area contributed by atoms with Crippen LogP contribution >= 0.6 is 0 Å². The summed E-state index contributed by atoms with van der Waals surface area (Å²) in [6, 6.07) is 14.4. The van der Waals surface area contributed by atoms with Crippen molar-refractivity contribution in [2.45, 2.75) is 31.3 Å². The van der Waals surface area contributed by atoms with Gasteiger partial charge < -0.3 is 9.64 Å². The maximum absolute atomic E-state index is 14.1. The predicted octanol–water partition coefficient (Wildman–Crippen LogP) is 4.75. The second-order valence-electron chi connectivity index (χ2n) is 8.65. The minimum absolute atomic E-state index is 0.216. The van der Waals surface area contributed by atoms with Gasteiger partial charge in [0.1, 0.15) is 17.4 Å². The molecule has 2 atom stereocenters.